The Kier molecular flexibility index (Phi) is 18.4. The molecular weight excluding hydrogens is 755 g/mol. The van der Waals surface area contributed by atoms with Crippen LogP contribution in [-0.2, 0) is 44.7 Å². The summed E-state index contributed by atoms with van der Waals surface area (Å²) < 4.78 is 25.0. The first kappa shape index (κ1) is 47.2. The van der Waals surface area contributed by atoms with E-state index in [1.54, 1.807) is 39.0 Å². The van der Waals surface area contributed by atoms with Gasteiger partial charge in [-0.15, -0.1) is 0 Å². The Labute approximate surface area is 338 Å². The molecule has 16 heteroatoms. The molecular formula is C42H57FN4O11. The van der Waals surface area contributed by atoms with Crippen LogP contribution in [0.1, 0.15) is 72.3 Å². The number of hydrazine groups is 1. The Morgan fingerprint density at radius 3 is 2.45 bits per heavy atom. The molecule has 58 heavy (non-hydrogen) atoms. The molecule has 0 aliphatic carbocycles. The summed E-state index contributed by atoms with van der Waals surface area (Å²) >= 11 is 0. The average Bonchev–Trinajstić information content (AvgIpc) is 3.17. The highest BCUT2D eigenvalue weighted by Gasteiger charge is 2.38. The Hall–Kier alpha value is -5.19. The molecule has 0 saturated carbocycles. The van der Waals surface area contributed by atoms with Crippen LogP contribution in [0.2, 0.25) is 0 Å². The van der Waals surface area contributed by atoms with Gasteiger partial charge in [-0.05, 0) is 62.3 Å². The van der Waals surface area contributed by atoms with Gasteiger partial charge in [0.15, 0.2) is 0 Å². The first-order chi connectivity index (χ1) is 27.4. The molecule has 2 heterocycles. The lowest BCUT2D eigenvalue weighted by Crippen LogP contribution is -2.62. The molecule has 1 fully saturated rings. The van der Waals surface area contributed by atoms with E-state index in [-0.39, 0.29) is 43.6 Å². The third kappa shape index (κ3) is 14.3. The van der Waals surface area contributed by atoms with Crippen molar-refractivity contribution in [3.05, 3.63) is 77.7 Å². The van der Waals surface area contributed by atoms with Crippen molar-refractivity contribution in [2.24, 2.45) is 17.8 Å². The monoisotopic (exact) mass is 812 g/mol. The number of carbonyl (C=O) groups excluding carboxylic acids is 6. The number of rotatable bonds is 9. The number of methoxy groups -OCH3 is 1. The molecule has 1 unspecified atom stereocenters. The number of cyclic esters (lactones) is 1. The molecule has 6 N–H and O–H groups in total. The number of aliphatic hydroxyl groups excluding tert-OH is 2. The normalized spacial score (nSPS) is 28.4. The van der Waals surface area contributed by atoms with E-state index in [1.807, 2.05) is 0 Å². The molecule has 0 spiro atoms. The lowest BCUT2D eigenvalue weighted by atomic mass is 9.84. The Morgan fingerprint density at radius 1 is 1.07 bits per heavy atom. The van der Waals surface area contributed by atoms with Crippen LogP contribution in [0, 0.1) is 23.6 Å². The quantitative estimate of drug-likeness (QED) is 0.120. The molecule has 318 valence electrons. The first-order valence-electron chi connectivity index (χ1n) is 19.4. The number of phenols is 1. The van der Waals surface area contributed by atoms with Crippen molar-refractivity contribution in [1.82, 2.24) is 21.1 Å². The molecule has 0 aromatic heterocycles. The number of ether oxygens (including phenoxy) is 2. The smallest absolute Gasteiger partial charge is 0.330 e. The minimum atomic E-state index is -1.46. The zero-order valence-electron chi connectivity index (χ0n) is 33.9. The molecule has 15 nitrogen and oxygen atoms in total. The Balaban J connectivity index is 2.10. The van der Waals surface area contributed by atoms with Gasteiger partial charge in [0.25, 0.3) is 5.91 Å². The summed E-state index contributed by atoms with van der Waals surface area (Å²) in [4.78, 5) is 79.4. The fourth-order valence-corrected chi connectivity index (χ4v) is 6.57. The van der Waals surface area contributed by atoms with E-state index in [9.17, 15) is 48.5 Å². The number of aliphatic hydroxyl groups is 2. The van der Waals surface area contributed by atoms with Gasteiger partial charge < -0.3 is 40.2 Å². The van der Waals surface area contributed by atoms with Gasteiger partial charge in [0.05, 0.1) is 25.2 Å². The minimum absolute atomic E-state index is 0.0615. The zero-order chi connectivity index (χ0) is 43.1. The van der Waals surface area contributed by atoms with Gasteiger partial charge in [0.2, 0.25) is 11.8 Å². The molecule has 2 aliphatic rings. The number of Topliss-reactive ketones (excluding diaryl/α,β-unsaturated/α-hetero) is 1. The molecule has 0 radical (unpaired) electrons. The molecule has 2 bridgehead atoms. The predicted octanol–water partition coefficient (Wildman–Crippen LogP) is 2.64. The van der Waals surface area contributed by atoms with E-state index in [1.165, 1.54) is 56.3 Å². The molecule has 1 saturated heterocycles. The van der Waals surface area contributed by atoms with E-state index in [2.05, 4.69) is 20.8 Å². The number of hydrogen-bond donors (Lipinski definition) is 6. The van der Waals surface area contributed by atoms with Gasteiger partial charge in [-0.25, -0.2) is 14.6 Å². The number of allylic oxidation sites excluding steroid dienone is 4. The van der Waals surface area contributed by atoms with E-state index >= 15 is 0 Å². The second kappa shape index (κ2) is 22.7. The van der Waals surface area contributed by atoms with Crippen LogP contribution < -0.4 is 16.1 Å². The number of aromatic hydroxyl groups is 1. The number of hydrogen-bond acceptors (Lipinski definition) is 12. The van der Waals surface area contributed by atoms with Gasteiger partial charge in [-0.1, -0.05) is 57.2 Å². The molecule has 8 atom stereocenters. The number of amides is 3. The fraction of sp³-hybridized carbons (Fsp3) is 0.524. The SMILES string of the molecule is COC(=O)/C=C/C=C(\C)[C@@H]1C/C=C/C=C/[C@H](O)[C@H](C)[C@@H](O)[C@@H](CCC(C)=O)C(=O)N[C@@H](C(C)C)C(=O)N[C@@H](Cc2cc(O)cc(F)c2)C(=O)N2CCCC(N2)C(=O)O1. The van der Waals surface area contributed by atoms with Crippen molar-refractivity contribution in [3.63, 3.8) is 0 Å². The van der Waals surface area contributed by atoms with Gasteiger partial charge in [0, 0.05) is 43.9 Å². The van der Waals surface area contributed by atoms with E-state index < -0.39 is 95.4 Å². The van der Waals surface area contributed by atoms with Crippen molar-refractivity contribution in [3.8, 4) is 5.75 Å². The van der Waals surface area contributed by atoms with Crippen LogP contribution in [-0.4, -0.2) is 106 Å². The van der Waals surface area contributed by atoms with Crippen LogP contribution >= 0.6 is 0 Å². The summed E-state index contributed by atoms with van der Waals surface area (Å²) in [7, 11) is 1.24. The minimum Gasteiger partial charge on any atom is -0.508 e. The maximum absolute atomic E-state index is 14.4. The molecule has 2 aliphatic heterocycles. The number of esters is 2. The Bertz CT molecular complexity index is 1740. The van der Waals surface area contributed by atoms with Crippen molar-refractivity contribution in [1.29, 1.82) is 0 Å². The van der Waals surface area contributed by atoms with E-state index in [0.717, 1.165) is 12.1 Å². The van der Waals surface area contributed by atoms with Gasteiger partial charge in [-0.3, -0.25) is 24.2 Å². The topological polar surface area (TPSA) is 221 Å². The summed E-state index contributed by atoms with van der Waals surface area (Å²) in [6.07, 6.45) is 7.31. The number of nitrogens with zero attached hydrogens (tertiary/aromatic N) is 1. The second-order valence-corrected chi connectivity index (χ2v) is 15.1. The van der Waals surface area contributed by atoms with Gasteiger partial charge in [-0.2, -0.15) is 0 Å². The van der Waals surface area contributed by atoms with E-state index in [4.69, 9.17) is 4.74 Å². The van der Waals surface area contributed by atoms with Crippen LogP contribution in [0.25, 0.3) is 0 Å². The molecule has 1 aromatic rings. The molecule has 3 amide bonds. The third-order valence-electron chi connectivity index (χ3n) is 10.1. The number of halogens is 1. The molecule has 3 rings (SSSR count). The standard InChI is InChI=1S/C42H57FN4O11/c1-24(2)37-40(54)44-33(22-28-20-29(43)23-30(49)21-28)41(55)47-19-11-13-32(46-47)42(56)58-35(25(3)12-10-16-36(51)57-6)15-9-7-8-14-34(50)27(5)38(52)31(39(53)45-37)18-17-26(4)48/h7-10,12,14,16,20-21,23-24,27,31-35,37-38,46,49-50,52H,11,13,15,17-19,22H2,1-6H3,(H,44,54)(H,45,53)/b9-7+,14-8+,16-10+,25-12+/t27-,31+,32?,33-,34-,35-,37-,38+/m0/s1. The highest BCUT2D eigenvalue weighted by Crippen LogP contribution is 2.24. The number of fused-ring (bicyclic) bond motifs is 2. The molecule has 1 aromatic carbocycles. The lowest BCUT2D eigenvalue weighted by molar-refractivity contribution is -0.156. The number of benzene rings is 1. The van der Waals surface area contributed by atoms with Crippen molar-refractivity contribution < 1.29 is 58.0 Å². The average molecular weight is 813 g/mol. The lowest BCUT2D eigenvalue weighted by Gasteiger charge is -2.36. The van der Waals surface area contributed by atoms with Crippen molar-refractivity contribution in [2.45, 2.75) is 110 Å². The van der Waals surface area contributed by atoms with Crippen LogP contribution in [0.5, 0.6) is 5.75 Å². The first-order valence-corrected chi connectivity index (χ1v) is 19.4. The number of phenolic OH excluding ortho intramolecular Hbond substituents is 1. The summed E-state index contributed by atoms with van der Waals surface area (Å²) in [5.74, 6) is -7.61. The number of carbonyl (C=O) groups is 6. The van der Waals surface area contributed by atoms with Crippen molar-refractivity contribution >= 4 is 35.4 Å². The number of ketones is 1. The highest BCUT2D eigenvalue weighted by atomic mass is 19.1. The zero-order valence-corrected chi connectivity index (χ0v) is 33.9. The van der Waals surface area contributed by atoms with Crippen LogP contribution in [0.15, 0.2) is 66.3 Å². The maximum Gasteiger partial charge on any atom is 0.330 e. The summed E-state index contributed by atoms with van der Waals surface area (Å²) in [6.45, 7) is 8.02. The van der Waals surface area contributed by atoms with Gasteiger partial charge in [0.1, 0.15) is 41.6 Å². The summed E-state index contributed by atoms with van der Waals surface area (Å²) in [5, 5.41) is 39.1. The largest absolute Gasteiger partial charge is 0.508 e. The van der Waals surface area contributed by atoms with E-state index in [0.29, 0.717) is 18.4 Å². The van der Waals surface area contributed by atoms with Crippen molar-refractivity contribution in [2.75, 3.05) is 13.7 Å². The van der Waals surface area contributed by atoms with Crippen LogP contribution in [0.4, 0.5) is 4.39 Å². The summed E-state index contributed by atoms with van der Waals surface area (Å²) in [5.41, 5.74) is 3.64. The van der Waals surface area contributed by atoms with Crippen LogP contribution in [0.3, 0.4) is 0 Å². The van der Waals surface area contributed by atoms with Gasteiger partial charge >= 0.3 is 11.9 Å². The number of nitrogens with one attached hydrogen (secondary N) is 3. The maximum atomic E-state index is 14.4. The highest BCUT2D eigenvalue weighted by molar-refractivity contribution is 5.93. The third-order valence-corrected chi connectivity index (χ3v) is 10.1. The Morgan fingerprint density at radius 2 is 1.79 bits per heavy atom. The predicted molar refractivity (Wildman–Crippen MR) is 211 cm³/mol. The summed E-state index contributed by atoms with van der Waals surface area (Å²) in [6, 6.07) is -0.413. The second-order valence-electron chi connectivity index (χ2n) is 15.1. The fourth-order valence-electron chi connectivity index (χ4n) is 6.57.